The second kappa shape index (κ2) is 7.66. The Morgan fingerprint density at radius 1 is 1.10 bits per heavy atom. The third kappa shape index (κ3) is 3.50. The van der Waals surface area contributed by atoms with Crippen molar-refractivity contribution in [3.05, 3.63) is 77.5 Å². The van der Waals surface area contributed by atoms with Crippen molar-refractivity contribution in [1.82, 2.24) is 15.4 Å². The molecule has 0 saturated heterocycles. The largest absolute Gasteiger partial charge is 0.361 e. The number of benzene rings is 2. The number of carbonyl (C=O) groups excluding carboxylic acids is 1. The number of fused-ring (bicyclic) bond motifs is 1. The monoisotopic (exact) mass is 431 g/mol. The Bertz CT molecular complexity index is 1200. The first-order valence-electron chi connectivity index (χ1n) is 9.31. The number of aryl methyl sites for hydroxylation is 1. The lowest BCUT2D eigenvalue weighted by Crippen LogP contribution is -2.56. The molecule has 3 aromatic rings. The Balaban J connectivity index is 1.88. The summed E-state index contributed by atoms with van der Waals surface area (Å²) in [7, 11) is 0. The number of aliphatic hydroxyl groups is 1. The number of aromatic nitrogens is 1. The van der Waals surface area contributed by atoms with Gasteiger partial charge in [-0.3, -0.25) is 10.2 Å². The molecule has 2 heterocycles. The van der Waals surface area contributed by atoms with E-state index >= 15 is 0 Å². The van der Waals surface area contributed by atoms with Gasteiger partial charge in [0.05, 0.1) is 22.5 Å². The lowest BCUT2D eigenvalue weighted by Gasteiger charge is -2.32. The van der Waals surface area contributed by atoms with Crippen molar-refractivity contribution < 1.29 is 27.5 Å². The minimum atomic E-state index is -3.52. The number of allylic oxidation sites excluding steroid dienone is 1. The third-order valence-electron chi connectivity index (χ3n) is 5.09. The number of halogens is 4. The molecule has 1 aliphatic rings. The molecule has 1 aliphatic heterocycles. The maximum absolute atomic E-state index is 13.6. The number of para-hydroxylation sites is 1. The molecule has 9 heteroatoms. The van der Waals surface area contributed by atoms with Crippen LogP contribution in [0.1, 0.15) is 15.9 Å². The lowest BCUT2D eigenvalue weighted by molar-refractivity contribution is -0.146. The maximum Gasteiger partial charge on any atom is 0.291 e. The van der Waals surface area contributed by atoms with Crippen LogP contribution < -0.4 is 5.43 Å². The summed E-state index contributed by atoms with van der Waals surface area (Å²) in [5.41, 5.74) is 0.0655. The van der Waals surface area contributed by atoms with Gasteiger partial charge in [-0.05, 0) is 24.6 Å². The predicted octanol–water partition coefficient (Wildman–Crippen LogP) is 4.27. The van der Waals surface area contributed by atoms with Crippen LogP contribution in [0.3, 0.4) is 0 Å². The van der Waals surface area contributed by atoms with Crippen molar-refractivity contribution in [2.75, 3.05) is 0 Å². The summed E-state index contributed by atoms with van der Waals surface area (Å²) in [6, 6.07) is 15.2. The molecule has 4 rings (SSSR count). The fourth-order valence-electron chi connectivity index (χ4n) is 3.50. The average molecular weight is 431 g/mol. The van der Waals surface area contributed by atoms with E-state index in [-0.39, 0.29) is 16.6 Å². The van der Waals surface area contributed by atoms with Gasteiger partial charge in [0.15, 0.2) is 0 Å². The summed E-state index contributed by atoms with van der Waals surface area (Å²) in [6.07, 6.45) is -6.43. The SMILES string of the molecule is Cc1ccccc1-c1cc(C(=O)N2NC(C(F)F)=CC2(O)C(F)F)c2ccccc2n1. The molecule has 0 aliphatic carbocycles. The van der Waals surface area contributed by atoms with Gasteiger partial charge in [-0.15, -0.1) is 0 Å². The molecule has 2 aromatic carbocycles. The quantitative estimate of drug-likeness (QED) is 0.606. The highest BCUT2D eigenvalue weighted by Crippen LogP contribution is 2.34. The van der Waals surface area contributed by atoms with E-state index in [2.05, 4.69) is 4.98 Å². The summed E-state index contributed by atoms with van der Waals surface area (Å²) in [4.78, 5) is 17.8. The summed E-state index contributed by atoms with van der Waals surface area (Å²) in [6.45, 7) is 1.85. The van der Waals surface area contributed by atoms with Crippen LogP contribution in [-0.4, -0.2) is 39.6 Å². The van der Waals surface area contributed by atoms with Crippen molar-refractivity contribution in [3.63, 3.8) is 0 Å². The highest BCUT2D eigenvalue weighted by molar-refractivity contribution is 6.07. The van der Waals surface area contributed by atoms with Crippen molar-refractivity contribution in [1.29, 1.82) is 0 Å². The minimum absolute atomic E-state index is 0.0701. The number of hydrogen-bond donors (Lipinski definition) is 2. The van der Waals surface area contributed by atoms with E-state index in [1.54, 1.807) is 36.4 Å². The van der Waals surface area contributed by atoms with Crippen LogP contribution in [0.2, 0.25) is 0 Å². The lowest BCUT2D eigenvalue weighted by atomic mass is 10.00. The number of hydrazine groups is 1. The van der Waals surface area contributed by atoms with Crippen LogP contribution in [-0.2, 0) is 0 Å². The van der Waals surface area contributed by atoms with E-state index in [1.807, 2.05) is 24.5 Å². The van der Waals surface area contributed by atoms with Gasteiger partial charge in [-0.2, -0.15) is 0 Å². The highest BCUT2D eigenvalue weighted by Gasteiger charge is 2.51. The van der Waals surface area contributed by atoms with Crippen molar-refractivity contribution in [2.45, 2.75) is 25.5 Å². The second-order valence-corrected chi connectivity index (χ2v) is 7.12. The third-order valence-corrected chi connectivity index (χ3v) is 5.09. The fourth-order valence-corrected chi connectivity index (χ4v) is 3.50. The molecule has 160 valence electrons. The van der Waals surface area contributed by atoms with Gasteiger partial charge >= 0.3 is 0 Å². The molecule has 0 radical (unpaired) electrons. The second-order valence-electron chi connectivity index (χ2n) is 7.12. The molecule has 1 unspecified atom stereocenters. The number of rotatable bonds is 4. The number of nitrogens with zero attached hydrogens (tertiary/aromatic N) is 2. The van der Waals surface area contributed by atoms with Crippen molar-refractivity contribution >= 4 is 16.8 Å². The topological polar surface area (TPSA) is 65.5 Å². The molecule has 1 amide bonds. The van der Waals surface area contributed by atoms with Gasteiger partial charge < -0.3 is 5.11 Å². The van der Waals surface area contributed by atoms with Crippen LogP contribution in [0.4, 0.5) is 17.6 Å². The van der Waals surface area contributed by atoms with Crippen LogP contribution in [0.15, 0.2) is 66.4 Å². The van der Waals surface area contributed by atoms with Gasteiger partial charge in [0.2, 0.25) is 5.72 Å². The van der Waals surface area contributed by atoms with E-state index in [0.717, 1.165) is 5.56 Å². The zero-order valence-corrected chi connectivity index (χ0v) is 16.2. The summed E-state index contributed by atoms with van der Waals surface area (Å²) in [5, 5.41) is 10.8. The Morgan fingerprint density at radius 3 is 2.45 bits per heavy atom. The van der Waals surface area contributed by atoms with Gasteiger partial charge in [0.1, 0.15) is 0 Å². The van der Waals surface area contributed by atoms with Crippen LogP contribution in [0, 0.1) is 6.92 Å². The van der Waals surface area contributed by atoms with Crippen LogP contribution in [0.25, 0.3) is 22.2 Å². The molecule has 1 aromatic heterocycles. The number of nitrogens with one attached hydrogen (secondary N) is 1. The molecule has 0 fully saturated rings. The Hall–Kier alpha value is -3.46. The van der Waals surface area contributed by atoms with E-state index in [4.69, 9.17) is 0 Å². The zero-order valence-electron chi connectivity index (χ0n) is 16.2. The first kappa shape index (κ1) is 20.8. The average Bonchev–Trinajstić information content (AvgIpc) is 3.12. The normalized spacial score (nSPS) is 18.6. The fraction of sp³-hybridized carbons (Fsp3) is 0.182. The molecule has 2 N–H and O–H groups in total. The highest BCUT2D eigenvalue weighted by atomic mass is 19.3. The van der Waals surface area contributed by atoms with Crippen molar-refractivity contribution in [2.24, 2.45) is 0 Å². The molecular formula is C22H17F4N3O2. The Labute approximate surface area is 174 Å². The number of carbonyl (C=O) groups is 1. The van der Waals surface area contributed by atoms with E-state index in [0.29, 0.717) is 22.2 Å². The summed E-state index contributed by atoms with van der Waals surface area (Å²) >= 11 is 0. The number of amides is 1. The molecular weight excluding hydrogens is 414 g/mol. The number of pyridine rings is 1. The molecule has 31 heavy (non-hydrogen) atoms. The molecule has 0 saturated carbocycles. The van der Waals surface area contributed by atoms with Gasteiger partial charge in [0, 0.05) is 17.0 Å². The maximum atomic E-state index is 13.6. The summed E-state index contributed by atoms with van der Waals surface area (Å²) in [5.74, 6) is -1.09. The molecule has 0 bridgehead atoms. The van der Waals surface area contributed by atoms with Gasteiger partial charge in [-0.1, -0.05) is 42.5 Å². The van der Waals surface area contributed by atoms with Crippen LogP contribution in [0.5, 0.6) is 0 Å². The van der Waals surface area contributed by atoms with E-state index in [1.165, 1.54) is 6.07 Å². The minimum Gasteiger partial charge on any atom is -0.361 e. The molecule has 1 atom stereocenters. The predicted molar refractivity (Wildman–Crippen MR) is 106 cm³/mol. The first-order chi connectivity index (χ1) is 14.7. The first-order valence-corrected chi connectivity index (χ1v) is 9.31. The van der Waals surface area contributed by atoms with E-state index in [9.17, 15) is 27.5 Å². The molecule has 5 nitrogen and oxygen atoms in total. The van der Waals surface area contributed by atoms with Crippen LogP contribution >= 0.6 is 0 Å². The smallest absolute Gasteiger partial charge is 0.291 e. The van der Waals surface area contributed by atoms with Crippen molar-refractivity contribution in [3.8, 4) is 11.3 Å². The number of hydrogen-bond acceptors (Lipinski definition) is 4. The number of alkyl halides is 4. The summed E-state index contributed by atoms with van der Waals surface area (Å²) < 4.78 is 53.5. The Morgan fingerprint density at radius 2 is 1.77 bits per heavy atom. The molecule has 0 spiro atoms. The standard InChI is InChI=1S/C22H17F4N3O2/c1-12-6-2-3-7-13(12)17-10-15(14-8-4-5-9-16(14)27-17)20(30)29-22(31,21(25)26)11-18(28-29)19(23)24/h2-11,19,21,28,31H,1H3. The Kier molecular flexibility index (Phi) is 5.14. The van der Waals surface area contributed by atoms with E-state index < -0.39 is 30.2 Å². The van der Waals surface area contributed by atoms with Gasteiger partial charge in [0.25, 0.3) is 18.8 Å². The van der Waals surface area contributed by atoms with Gasteiger partial charge in [-0.25, -0.2) is 27.6 Å². The zero-order chi connectivity index (χ0) is 22.3.